The monoisotopic (exact) mass is 275 g/mol. The highest BCUT2D eigenvalue weighted by molar-refractivity contribution is 5.45. The van der Waals surface area contributed by atoms with E-state index in [1.54, 1.807) is 0 Å². The Morgan fingerprint density at radius 2 is 2.10 bits per heavy atom. The van der Waals surface area contributed by atoms with Crippen LogP contribution in [0.3, 0.4) is 0 Å². The quantitative estimate of drug-likeness (QED) is 0.826. The molecule has 1 heterocycles. The molecule has 1 aliphatic rings. The zero-order valence-corrected chi connectivity index (χ0v) is 13.5. The molecule has 2 rings (SSSR count). The van der Waals surface area contributed by atoms with Crippen LogP contribution >= 0.6 is 0 Å². The fourth-order valence-corrected chi connectivity index (χ4v) is 2.94. The van der Waals surface area contributed by atoms with Crippen molar-refractivity contribution in [1.82, 2.24) is 5.32 Å². The normalized spacial score (nSPS) is 16.4. The molecule has 0 bridgehead atoms. The van der Waals surface area contributed by atoms with Crippen LogP contribution in [0.2, 0.25) is 0 Å². The highest BCUT2D eigenvalue weighted by atomic mass is 16.5. The van der Waals surface area contributed by atoms with Gasteiger partial charge in [0.15, 0.2) is 0 Å². The number of benzene rings is 1. The lowest BCUT2D eigenvalue weighted by Gasteiger charge is -2.36. The Morgan fingerprint density at radius 3 is 2.80 bits per heavy atom. The number of ether oxygens (including phenoxy) is 1. The minimum atomic E-state index is 0.227. The fourth-order valence-electron chi connectivity index (χ4n) is 2.94. The van der Waals surface area contributed by atoms with Gasteiger partial charge < -0.3 is 10.1 Å². The van der Waals surface area contributed by atoms with Crippen molar-refractivity contribution >= 4 is 0 Å². The second-order valence-corrected chi connectivity index (χ2v) is 6.52. The molecule has 0 aliphatic carbocycles. The first kappa shape index (κ1) is 15.4. The maximum absolute atomic E-state index is 6.02. The van der Waals surface area contributed by atoms with E-state index in [1.807, 2.05) is 0 Å². The first-order chi connectivity index (χ1) is 9.60. The average Bonchev–Trinajstić information content (AvgIpc) is 2.47. The number of para-hydroxylation sites is 1. The van der Waals surface area contributed by atoms with Gasteiger partial charge in [0.25, 0.3) is 0 Å². The van der Waals surface area contributed by atoms with Gasteiger partial charge in [0.1, 0.15) is 5.75 Å². The molecule has 0 saturated heterocycles. The summed E-state index contributed by atoms with van der Waals surface area (Å²) >= 11 is 0. The molecule has 20 heavy (non-hydrogen) atoms. The molecule has 1 unspecified atom stereocenters. The number of fused-ring (bicyclic) bond motifs is 1. The minimum absolute atomic E-state index is 0.227. The van der Waals surface area contributed by atoms with Crippen LogP contribution in [-0.2, 0) is 6.42 Å². The van der Waals surface area contributed by atoms with E-state index in [-0.39, 0.29) is 5.41 Å². The van der Waals surface area contributed by atoms with Crippen LogP contribution in [0.25, 0.3) is 0 Å². The number of hydrogen-bond acceptors (Lipinski definition) is 2. The van der Waals surface area contributed by atoms with Gasteiger partial charge in [-0.1, -0.05) is 45.9 Å². The van der Waals surface area contributed by atoms with Gasteiger partial charge in [-0.3, -0.25) is 0 Å². The molecular weight excluding hydrogens is 246 g/mol. The summed E-state index contributed by atoms with van der Waals surface area (Å²) < 4.78 is 6.02. The van der Waals surface area contributed by atoms with Crippen LogP contribution < -0.4 is 10.1 Å². The van der Waals surface area contributed by atoms with E-state index in [9.17, 15) is 0 Å². The Kier molecular flexibility index (Phi) is 5.09. The highest BCUT2D eigenvalue weighted by Gasteiger charge is 2.32. The van der Waals surface area contributed by atoms with Crippen LogP contribution in [0.5, 0.6) is 5.75 Å². The van der Waals surface area contributed by atoms with Crippen molar-refractivity contribution < 1.29 is 4.74 Å². The SMILES string of the molecule is CCCNC(c1cccc2c1OCCC2)C(C)(C)CC. The molecule has 1 atom stereocenters. The smallest absolute Gasteiger partial charge is 0.127 e. The first-order valence-corrected chi connectivity index (χ1v) is 8.08. The van der Waals surface area contributed by atoms with Gasteiger partial charge >= 0.3 is 0 Å². The average molecular weight is 275 g/mol. The van der Waals surface area contributed by atoms with Crippen LogP contribution in [0.1, 0.15) is 64.1 Å². The van der Waals surface area contributed by atoms with E-state index in [4.69, 9.17) is 4.74 Å². The standard InChI is InChI=1S/C18H29NO/c1-5-12-19-17(18(3,4)6-2)15-11-7-9-14-10-8-13-20-16(14)15/h7,9,11,17,19H,5-6,8,10,12-13H2,1-4H3. The molecule has 1 aromatic carbocycles. The van der Waals surface area contributed by atoms with E-state index in [0.29, 0.717) is 6.04 Å². The van der Waals surface area contributed by atoms with Crippen LogP contribution in [0, 0.1) is 5.41 Å². The van der Waals surface area contributed by atoms with Crippen LogP contribution in [0.15, 0.2) is 18.2 Å². The van der Waals surface area contributed by atoms with Crippen molar-refractivity contribution in [3.63, 3.8) is 0 Å². The van der Waals surface area contributed by atoms with Crippen molar-refractivity contribution in [2.45, 2.75) is 59.4 Å². The Morgan fingerprint density at radius 1 is 1.30 bits per heavy atom. The summed E-state index contributed by atoms with van der Waals surface area (Å²) in [5, 5.41) is 3.75. The molecule has 2 nitrogen and oxygen atoms in total. The summed E-state index contributed by atoms with van der Waals surface area (Å²) in [5.74, 6) is 1.15. The maximum Gasteiger partial charge on any atom is 0.127 e. The lowest BCUT2D eigenvalue weighted by atomic mass is 9.77. The predicted molar refractivity (Wildman–Crippen MR) is 85.4 cm³/mol. The molecule has 1 aliphatic heterocycles. The Bertz CT molecular complexity index is 439. The van der Waals surface area contributed by atoms with E-state index in [0.717, 1.165) is 44.6 Å². The van der Waals surface area contributed by atoms with E-state index in [1.165, 1.54) is 11.1 Å². The van der Waals surface area contributed by atoms with Crippen molar-refractivity contribution in [2.24, 2.45) is 5.41 Å². The Hall–Kier alpha value is -1.02. The third kappa shape index (κ3) is 3.17. The van der Waals surface area contributed by atoms with Crippen LogP contribution in [-0.4, -0.2) is 13.2 Å². The number of rotatable bonds is 6. The molecule has 1 N–H and O–H groups in total. The molecule has 1 aromatic rings. The zero-order valence-electron chi connectivity index (χ0n) is 13.5. The van der Waals surface area contributed by atoms with Crippen LogP contribution in [0.4, 0.5) is 0 Å². The fraction of sp³-hybridized carbons (Fsp3) is 0.667. The van der Waals surface area contributed by atoms with Crippen molar-refractivity contribution in [2.75, 3.05) is 13.2 Å². The summed E-state index contributed by atoms with van der Waals surface area (Å²) in [6, 6.07) is 7.01. The number of nitrogens with one attached hydrogen (secondary N) is 1. The molecule has 0 spiro atoms. The second-order valence-electron chi connectivity index (χ2n) is 6.52. The maximum atomic E-state index is 6.02. The topological polar surface area (TPSA) is 21.3 Å². The zero-order chi connectivity index (χ0) is 14.6. The second kappa shape index (κ2) is 6.62. The van der Waals surface area contributed by atoms with Crippen molar-refractivity contribution in [3.8, 4) is 5.75 Å². The largest absolute Gasteiger partial charge is 0.493 e. The molecule has 112 valence electrons. The van der Waals surface area contributed by atoms with E-state index >= 15 is 0 Å². The Labute approximate surface area is 123 Å². The Balaban J connectivity index is 2.38. The lowest BCUT2D eigenvalue weighted by Crippen LogP contribution is -2.35. The predicted octanol–water partition coefficient (Wildman–Crippen LogP) is 4.49. The van der Waals surface area contributed by atoms with Gasteiger partial charge in [-0.25, -0.2) is 0 Å². The van der Waals surface area contributed by atoms with Gasteiger partial charge in [0.2, 0.25) is 0 Å². The summed E-state index contributed by atoms with van der Waals surface area (Å²) in [7, 11) is 0. The first-order valence-electron chi connectivity index (χ1n) is 8.08. The van der Waals surface area contributed by atoms with E-state index in [2.05, 4.69) is 51.2 Å². The summed E-state index contributed by atoms with van der Waals surface area (Å²) in [5.41, 5.74) is 2.96. The van der Waals surface area contributed by atoms with Gasteiger partial charge in [0.05, 0.1) is 6.61 Å². The van der Waals surface area contributed by atoms with Gasteiger partial charge in [-0.2, -0.15) is 0 Å². The van der Waals surface area contributed by atoms with Gasteiger partial charge in [0, 0.05) is 11.6 Å². The molecule has 0 aromatic heterocycles. The molecule has 0 radical (unpaired) electrons. The third-order valence-corrected chi connectivity index (χ3v) is 4.57. The third-order valence-electron chi connectivity index (χ3n) is 4.57. The number of hydrogen-bond donors (Lipinski definition) is 1. The summed E-state index contributed by atoms with van der Waals surface area (Å²) in [6.45, 7) is 11.1. The van der Waals surface area contributed by atoms with Crippen molar-refractivity contribution in [3.05, 3.63) is 29.3 Å². The molecule has 0 saturated carbocycles. The highest BCUT2D eigenvalue weighted by Crippen LogP contribution is 2.42. The summed E-state index contributed by atoms with van der Waals surface area (Å²) in [6.07, 6.45) is 4.60. The lowest BCUT2D eigenvalue weighted by molar-refractivity contribution is 0.220. The van der Waals surface area contributed by atoms with Gasteiger partial charge in [-0.05, 0) is 43.2 Å². The van der Waals surface area contributed by atoms with Gasteiger partial charge in [-0.15, -0.1) is 0 Å². The molecule has 2 heteroatoms. The van der Waals surface area contributed by atoms with E-state index < -0.39 is 0 Å². The van der Waals surface area contributed by atoms with Crippen molar-refractivity contribution in [1.29, 1.82) is 0 Å². The molecule has 0 fully saturated rings. The molecule has 0 amide bonds. The minimum Gasteiger partial charge on any atom is -0.493 e. The molecular formula is C18H29NO. The summed E-state index contributed by atoms with van der Waals surface area (Å²) in [4.78, 5) is 0. The number of aryl methyl sites for hydroxylation is 1.